The van der Waals surface area contributed by atoms with Crippen molar-refractivity contribution in [1.82, 2.24) is 9.97 Å². The fraction of sp³-hybridized carbons (Fsp3) is 0.583. The van der Waals surface area contributed by atoms with Gasteiger partial charge in [-0.15, -0.1) is 0 Å². The normalized spacial score (nSPS) is 12.4. The van der Waals surface area contributed by atoms with Crippen molar-refractivity contribution in [3.05, 3.63) is 17.7 Å². The molecule has 0 saturated heterocycles. The van der Waals surface area contributed by atoms with Gasteiger partial charge in [-0.05, 0) is 27.7 Å². The maximum atomic E-state index is 5.55. The van der Waals surface area contributed by atoms with E-state index in [0.717, 1.165) is 11.5 Å². The second-order valence-electron chi connectivity index (χ2n) is 3.68. The van der Waals surface area contributed by atoms with E-state index in [9.17, 15) is 0 Å². The van der Waals surface area contributed by atoms with Crippen molar-refractivity contribution >= 4 is 11.7 Å². The number of aromatic nitrogens is 2. The molecule has 0 bridgehead atoms. The van der Waals surface area contributed by atoms with Crippen molar-refractivity contribution in [2.75, 3.05) is 0 Å². The Hall–Kier alpha value is -1.65. The first kappa shape index (κ1) is 15.3. The fourth-order valence-corrected chi connectivity index (χ4v) is 1.10. The minimum Gasteiger partial charge on any atom is -0.387 e. The molecule has 0 saturated carbocycles. The minimum atomic E-state index is 0.173. The Labute approximate surface area is 103 Å². The summed E-state index contributed by atoms with van der Waals surface area (Å²) >= 11 is 0. The molecule has 0 unspecified atom stereocenters. The van der Waals surface area contributed by atoms with E-state index in [-0.39, 0.29) is 6.04 Å². The summed E-state index contributed by atoms with van der Waals surface area (Å²) in [6.45, 7) is 11.6. The van der Waals surface area contributed by atoms with Gasteiger partial charge in [0.1, 0.15) is 11.5 Å². The molecule has 0 fully saturated rings. The summed E-state index contributed by atoms with van der Waals surface area (Å²) < 4.78 is 0. The van der Waals surface area contributed by atoms with Gasteiger partial charge in [-0.3, -0.25) is 4.99 Å². The number of rotatable bonds is 2. The Bertz CT molecular complexity index is 383. The van der Waals surface area contributed by atoms with Crippen molar-refractivity contribution in [3.8, 4) is 0 Å². The summed E-state index contributed by atoms with van der Waals surface area (Å²) in [7, 11) is 0. The molecule has 0 radical (unpaired) electrons. The van der Waals surface area contributed by atoms with Gasteiger partial charge < -0.3 is 10.7 Å². The van der Waals surface area contributed by atoms with E-state index in [4.69, 9.17) is 5.73 Å². The van der Waals surface area contributed by atoms with Crippen LogP contribution in [0.3, 0.4) is 0 Å². The molecule has 1 heterocycles. The maximum absolute atomic E-state index is 5.55. The first-order chi connectivity index (χ1) is 7.99. The number of aliphatic imine (C=N–C) groups is 2. The summed E-state index contributed by atoms with van der Waals surface area (Å²) in [5.41, 5.74) is 6.35. The maximum Gasteiger partial charge on any atom is 0.174 e. The number of H-pyrrole nitrogens is 1. The molecule has 0 atom stereocenters. The van der Waals surface area contributed by atoms with Gasteiger partial charge >= 0.3 is 0 Å². The van der Waals surface area contributed by atoms with Crippen LogP contribution in [0, 0.1) is 6.92 Å². The lowest BCUT2D eigenvalue weighted by Crippen LogP contribution is -2.12. The van der Waals surface area contributed by atoms with Crippen LogP contribution in [0.1, 0.15) is 46.1 Å². The highest BCUT2D eigenvalue weighted by atomic mass is 15.0. The lowest BCUT2D eigenvalue weighted by molar-refractivity contribution is 0.833. The molecule has 0 aliphatic heterocycles. The molecule has 1 rings (SSSR count). The summed E-state index contributed by atoms with van der Waals surface area (Å²) in [5.74, 6) is 1.93. The van der Waals surface area contributed by atoms with Gasteiger partial charge in [-0.2, -0.15) is 0 Å². The molecule has 0 amide bonds. The Morgan fingerprint density at radius 1 is 1.41 bits per heavy atom. The SMILES string of the molecule is CC.CC(N)=NC(=NC(C)C)c1cnc(C)[nH]1. The molecule has 96 valence electrons. The first-order valence-electron chi connectivity index (χ1n) is 5.89. The molecule has 5 heteroatoms. The van der Waals surface area contributed by atoms with E-state index in [0.29, 0.717) is 11.7 Å². The van der Waals surface area contributed by atoms with Gasteiger partial charge in [-0.1, -0.05) is 13.8 Å². The van der Waals surface area contributed by atoms with Crippen LogP contribution < -0.4 is 5.73 Å². The van der Waals surface area contributed by atoms with Crippen molar-refractivity contribution in [3.63, 3.8) is 0 Å². The Morgan fingerprint density at radius 3 is 2.35 bits per heavy atom. The number of nitrogens with two attached hydrogens (primary N) is 1. The zero-order chi connectivity index (χ0) is 13.4. The zero-order valence-corrected chi connectivity index (χ0v) is 11.6. The Kier molecular flexibility index (Phi) is 6.86. The predicted octanol–water partition coefficient (Wildman–Crippen LogP) is 2.28. The molecule has 0 aliphatic carbocycles. The number of aryl methyl sites for hydroxylation is 1. The molecular weight excluding hydrogens is 214 g/mol. The summed E-state index contributed by atoms with van der Waals surface area (Å²) in [6, 6.07) is 0.173. The standard InChI is InChI=1S/C10H17N5.C2H6/c1-6(2)13-10(14-7(3)11)9-5-12-8(4)15-9;1-2/h5-6H,1-4H3,(H,12,15)(H2,11,13,14);1-2H3. The van der Waals surface area contributed by atoms with E-state index in [1.807, 2.05) is 34.6 Å². The monoisotopic (exact) mass is 237 g/mol. The van der Waals surface area contributed by atoms with Crippen molar-refractivity contribution in [2.45, 2.75) is 47.6 Å². The van der Waals surface area contributed by atoms with Crippen molar-refractivity contribution in [1.29, 1.82) is 0 Å². The first-order valence-corrected chi connectivity index (χ1v) is 5.89. The lowest BCUT2D eigenvalue weighted by Gasteiger charge is -2.01. The third-order valence-electron chi connectivity index (χ3n) is 1.61. The molecular formula is C12H23N5. The molecule has 1 aromatic heterocycles. The third-order valence-corrected chi connectivity index (χ3v) is 1.61. The lowest BCUT2D eigenvalue weighted by atomic mass is 10.4. The van der Waals surface area contributed by atoms with E-state index >= 15 is 0 Å². The largest absolute Gasteiger partial charge is 0.387 e. The highest BCUT2D eigenvalue weighted by Crippen LogP contribution is 2.02. The number of nitrogens with one attached hydrogen (secondary N) is 1. The van der Waals surface area contributed by atoms with Crippen molar-refractivity contribution < 1.29 is 0 Å². The third kappa shape index (κ3) is 5.85. The molecule has 0 spiro atoms. The van der Waals surface area contributed by atoms with Gasteiger partial charge in [0.2, 0.25) is 0 Å². The van der Waals surface area contributed by atoms with Crippen LogP contribution in [0.2, 0.25) is 0 Å². The van der Waals surface area contributed by atoms with E-state index < -0.39 is 0 Å². The molecule has 0 aliphatic rings. The van der Waals surface area contributed by atoms with Crippen LogP contribution in [0.5, 0.6) is 0 Å². The summed E-state index contributed by atoms with van der Waals surface area (Å²) in [6.07, 6.45) is 1.71. The minimum absolute atomic E-state index is 0.173. The average molecular weight is 237 g/mol. The Morgan fingerprint density at radius 2 is 2.00 bits per heavy atom. The molecule has 1 aromatic rings. The van der Waals surface area contributed by atoms with Gasteiger partial charge in [-0.25, -0.2) is 9.98 Å². The number of imidazole rings is 1. The van der Waals surface area contributed by atoms with Crippen LogP contribution >= 0.6 is 0 Å². The number of hydrogen-bond donors (Lipinski definition) is 2. The Balaban J connectivity index is 0.00000121. The second-order valence-corrected chi connectivity index (χ2v) is 3.68. The van der Waals surface area contributed by atoms with Crippen LogP contribution in [-0.2, 0) is 0 Å². The number of aromatic amines is 1. The fourth-order valence-electron chi connectivity index (χ4n) is 1.10. The smallest absolute Gasteiger partial charge is 0.174 e. The molecule has 0 aromatic carbocycles. The quantitative estimate of drug-likeness (QED) is 0.611. The van der Waals surface area contributed by atoms with Crippen LogP contribution in [0.15, 0.2) is 16.2 Å². The zero-order valence-electron chi connectivity index (χ0n) is 11.6. The van der Waals surface area contributed by atoms with Gasteiger partial charge in [0.25, 0.3) is 0 Å². The van der Waals surface area contributed by atoms with E-state index in [1.54, 1.807) is 13.1 Å². The average Bonchev–Trinajstić information content (AvgIpc) is 2.65. The van der Waals surface area contributed by atoms with Crippen LogP contribution in [-0.4, -0.2) is 27.7 Å². The molecule has 17 heavy (non-hydrogen) atoms. The topological polar surface area (TPSA) is 79.4 Å². The predicted molar refractivity (Wildman–Crippen MR) is 73.6 cm³/mol. The van der Waals surface area contributed by atoms with E-state index in [2.05, 4.69) is 20.0 Å². The highest BCUT2D eigenvalue weighted by molar-refractivity contribution is 6.04. The van der Waals surface area contributed by atoms with Crippen LogP contribution in [0.25, 0.3) is 0 Å². The van der Waals surface area contributed by atoms with Gasteiger partial charge in [0, 0.05) is 6.04 Å². The summed E-state index contributed by atoms with van der Waals surface area (Å²) in [5, 5.41) is 0. The summed E-state index contributed by atoms with van der Waals surface area (Å²) in [4.78, 5) is 15.7. The second kappa shape index (κ2) is 7.60. The van der Waals surface area contributed by atoms with Crippen LogP contribution in [0.4, 0.5) is 0 Å². The number of hydrogen-bond acceptors (Lipinski definition) is 2. The number of amidine groups is 2. The van der Waals surface area contributed by atoms with Crippen molar-refractivity contribution in [2.24, 2.45) is 15.7 Å². The number of nitrogens with zero attached hydrogens (tertiary/aromatic N) is 3. The molecule has 5 nitrogen and oxygen atoms in total. The van der Waals surface area contributed by atoms with E-state index in [1.165, 1.54) is 0 Å². The van der Waals surface area contributed by atoms with Gasteiger partial charge in [0.15, 0.2) is 5.84 Å². The highest BCUT2D eigenvalue weighted by Gasteiger charge is 2.06. The van der Waals surface area contributed by atoms with Gasteiger partial charge in [0.05, 0.1) is 12.0 Å². The molecule has 3 N–H and O–H groups in total.